The molecule has 0 radical (unpaired) electrons. The number of amides is 1. The highest BCUT2D eigenvalue weighted by Gasteiger charge is 2.29. The number of nitrogens with zero attached hydrogens (tertiary/aromatic N) is 1. The van der Waals surface area contributed by atoms with Crippen molar-refractivity contribution in [1.82, 2.24) is 4.90 Å². The van der Waals surface area contributed by atoms with Crippen LogP contribution >= 0.6 is 0 Å². The fourth-order valence-electron chi connectivity index (χ4n) is 3.49. The van der Waals surface area contributed by atoms with Gasteiger partial charge in [0, 0.05) is 36.2 Å². The van der Waals surface area contributed by atoms with Gasteiger partial charge in [0.15, 0.2) is 5.78 Å². The molecule has 1 saturated heterocycles. The highest BCUT2D eigenvalue weighted by atomic mass is 19.1. The number of methoxy groups -OCH3 is 2. The predicted octanol–water partition coefficient (Wildman–Crippen LogP) is 3.89. The number of hydrogen-bond acceptors (Lipinski definition) is 4. The summed E-state index contributed by atoms with van der Waals surface area (Å²) in [4.78, 5) is 27.3. The first-order valence-electron chi connectivity index (χ1n) is 9.25. The van der Waals surface area contributed by atoms with Crippen LogP contribution in [0.15, 0.2) is 36.4 Å². The van der Waals surface area contributed by atoms with Crippen molar-refractivity contribution in [2.45, 2.75) is 19.8 Å². The number of rotatable bonds is 5. The van der Waals surface area contributed by atoms with Gasteiger partial charge in [0.05, 0.1) is 14.2 Å². The van der Waals surface area contributed by atoms with Crippen LogP contribution in [0.2, 0.25) is 0 Å². The molecule has 1 aliphatic rings. The molecule has 2 aromatic rings. The number of Topliss-reactive ketones (excluding diaryl/α,β-unsaturated/α-hetero) is 1. The molecular formula is C22H24FNO4. The van der Waals surface area contributed by atoms with Crippen LogP contribution in [0.1, 0.15) is 39.1 Å². The molecule has 1 fully saturated rings. The Kier molecular flexibility index (Phi) is 5.97. The van der Waals surface area contributed by atoms with Crippen LogP contribution in [0.5, 0.6) is 11.5 Å². The number of carbonyl (C=O) groups excluding carboxylic acids is 2. The van der Waals surface area contributed by atoms with Gasteiger partial charge in [0.1, 0.15) is 17.3 Å². The zero-order chi connectivity index (χ0) is 20.3. The molecule has 2 aromatic carbocycles. The van der Waals surface area contributed by atoms with Crippen LogP contribution in [0, 0.1) is 18.7 Å². The standard InChI is InChI=1S/C22H24FNO4/c1-14-10-16(4-5-20(14)23)21(25)15-6-8-24(9-7-15)22(26)17-11-18(27-2)13-19(12-17)28-3/h4-5,10-13,15H,6-9H2,1-3H3. The summed E-state index contributed by atoms with van der Waals surface area (Å²) in [7, 11) is 3.08. The van der Waals surface area contributed by atoms with Crippen molar-refractivity contribution in [3.63, 3.8) is 0 Å². The molecule has 6 heteroatoms. The van der Waals surface area contributed by atoms with Gasteiger partial charge in [-0.3, -0.25) is 9.59 Å². The molecule has 148 valence electrons. The molecule has 3 rings (SSSR count). The summed E-state index contributed by atoms with van der Waals surface area (Å²) in [6, 6.07) is 9.54. The Morgan fingerprint density at radius 3 is 2.11 bits per heavy atom. The number of aryl methyl sites for hydroxylation is 1. The Labute approximate surface area is 164 Å². The van der Waals surface area contributed by atoms with Gasteiger partial charge in [-0.25, -0.2) is 4.39 Å². The van der Waals surface area contributed by atoms with Gasteiger partial charge in [0.25, 0.3) is 5.91 Å². The Bertz CT molecular complexity index is 866. The van der Waals surface area contributed by atoms with Crippen molar-refractivity contribution >= 4 is 11.7 Å². The lowest BCUT2D eigenvalue weighted by Gasteiger charge is -2.31. The average molecular weight is 385 g/mol. The fraction of sp³-hybridized carbons (Fsp3) is 0.364. The number of carbonyl (C=O) groups is 2. The maximum atomic E-state index is 13.4. The van der Waals surface area contributed by atoms with E-state index >= 15 is 0 Å². The fourth-order valence-corrected chi connectivity index (χ4v) is 3.49. The number of ether oxygens (including phenoxy) is 2. The highest BCUT2D eigenvalue weighted by molar-refractivity contribution is 5.98. The Balaban J connectivity index is 1.67. The molecule has 28 heavy (non-hydrogen) atoms. The largest absolute Gasteiger partial charge is 0.497 e. The van der Waals surface area contributed by atoms with E-state index in [0.29, 0.717) is 54.1 Å². The summed E-state index contributed by atoms with van der Waals surface area (Å²) in [5, 5.41) is 0. The number of hydrogen-bond donors (Lipinski definition) is 0. The molecule has 0 saturated carbocycles. The zero-order valence-corrected chi connectivity index (χ0v) is 16.3. The van der Waals surface area contributed by atoms with Crippen molar-refractivity contribution < 1.29 is 23.5 Å². The van der Waals surface area contributed by atoms with Crippen LogP contribution in [0.4, 0.5) is 4.39 Å². The Morgan fingerprint density at radius 2 is 1.57 bits per heavy atom. The second-order valence-electron chi connectivity index (χ2n) is 7.00. The summed E-state index contributed by atoms with van der Waals surface area (Å²) in [6.45, 7) is 2.64. The molecule has 1 heterocycles. The summed E-state index contributed by atoms with van der Waals surface area (Å²) in [5.74, 6) is 0.539. The summed E-state index contributed by atoms with van der Waals surface area (Å²) >= 11 is 0. The third-order valence-corrected chi connectivity index (χ3v) is 5.19. The highest BCUT2D eigenvalue weighted by Crippen LogP contribution is 2.27. The monoisotopic (exact) mass is 385 g/mol. The van der Waals surface area contributed by atoms with E-state index in [9.17, 15) is 14.0 Å². The minimum Gasteiger partial charge on any atom is -0.497 e. The van der Waals surface area contributed by atoms with E-state index in [-0.39, 0.29) is 23.4 Å². The number of likely N-dealkylation sites (tertiary alicyclic amines) is 1. The molecule has 0 N–H and O–H groups in total. The second kappa shape index (κ2) is 8.42. The number of halogens is 1. The molecule has 1 amide bonds. The van der Waals surface area contributed by atoms with Crippen molar-refractivity contribution in [3.8, 4) is 11.5 Å². The third kappa shape index (κ3) is 4.16. The maximum Gasteiger partial charge on any atom is 0.254 e. The first-order chi connectivity index (χ1) is 13.4. The minimum absolute atomic E-state index is 0.0123. The van der Waals surface area contributed by atoms with Crippen molar-refractivity contribution in [1.29, 1.82) is 0 Å². The quantitative estimate of drug-likeness (QED) is 0.733. The number of ketones is 1. The molecule has 1 aliphatic heterocycles. The zero-order valence-electron chi connectivity index (χ0n) is 16.3. The van der Waals surface area contributed by atoms with E-state index in [0.717, 1.165) is 0 Å². The molecule has 0 aromatic heterocycles. The van der Waals surface area contributed by atoms with Crippen molar-refractivity contribution in [3.05, 3.63) is 58.9 Å². The summed E-state index contributed by atoms with van der Waals surface area (Å²) < 4.78 is 23.9. The Hall–Kier alpha value is -2.89. The van der Waals surface area contributed by atoms with Crippen molar-refractivity contribution in [2.24, 2.45) is 5.92 Å². The van der Waals surface area contributed by atoms with Crippen LogP contribution in [-0.2, 0) is 0 Å². The first kappa shape index (κ1) is 19.9. The summed E-state index contributed by atoms with van der Waals surface area (Å²) in [6.07, 6.45) is 1.17. The third-order valence-electron chi connectivity index (χ3n) is 5.19. The maximum absolute atomic E-state index is 13.4. The van der Waals surface area contributed by atoms with Gasteiger partial charge >= 0.3 is 0 Å². The molecule has 5 nitrogen and oxygen atoms in total. The molecule has 0 bridgehead atoms. The lowest BCUT2D eigenvalue weighted by Crippen LogP contribution is -2.40. The molecule has 0 aliphatic carbocycles. The molecule has 0 spiro atoms. The van der Waals surface area contributed by atoms with E-state index in [2.05, 4.69) is 0 Å². The van der Waals surface area contributed by atoms with Crippen LogP contribution in [-0.4, -0.2) is 43.9 Å². The van der Waals surface area contributed by atoms with Gasteiger partial charge in [-0.2, -0.15) is 0 Å². The molecular weight excluding hydrogens is 361 g/mol. The molecule has 0 unspecified atom stereocenters. The van der Waals surface area contributed by atoms with Crippen LogP contribution in [0.25, 0.3) is 0 Å². The number of piperidine rings is 1. The van der Waals surface area contributed by atoms with E-state index in [1.165, 1.54) is 26.4 Å². The van der Waals surface area contributed by atoms with Crippen molar-refractivity contribution in [2.75, 3.05) is 27.3 Å². The van der Waals surface area contributed by atoms with E-state index in [1.54, 1.807) is 36.1 Å². The lowest BCUT2D eigenvalue weighted by molar-refractivity contribution is 0.0650. The minimum atomic E-state index is -0.314. The van der Waals surface area contributed by atoms with E-state index < -0.39 is 0 Å². The van der Waals surface area contributed by atoms with Gasteiger partial charge in [-0.15, -0.1) is 0 Å². The van der Waals surface area contributed by atoms with Gasteiger partial charge in [-0.1, -0.05) is 0 Å². The topological polar surface area (TPSA) is 55.8 Å². The molecule has 0 atom stereocenters. The predicted molar refractivity (Wildman–Crippen MR) is 104 cm³/mol. The lowest BCUT2D eigenvalue weighted by atomic mass is 9.88. The van der Waals surface area contributed by atoms with E-state index in [4.69, 9.17) is 9.47 Å². The van der Waals surface area contributed by atoms with Crippen LogP contribution in [0.3, 0.4) is 0 Å². The second-order valence-corrected chi connectivity index (χ2v) is 7.00. The summed E-state index contributed by atoms with van der Waals surface area (Å²) in [5.41, 5.74) is 1.49. The average Bonchev–Trinajstić information content (AvgIpc) is 2.74. The van der Waals surface area contributed by atoms with Gasteiger partial charge in [-0.05, 0) is 55.7 Å². The van der Waals surface area contributed by atoms with Crippen LogP contribution < -0.4 is 9.47 Å². The van der Waals surface area contributed by atoms with E-state index in [1.807, 2.05) is 0 Å². The number of benzene rings is 2. The van der Waals surface area contributed by atoms with Gasteiger partial charge in [0.2, 0.25) is 0 Å². The SMILES string of the molecule is COc1cc(OC)cc(C(=O)N2CCC(C(=O)c3ccc(F)c(C)c3)CC2)c1. The van der Waals surface area contributed by atoms with Gasteiger partial charge < -0.3 is 14.4 Å². The Morgan fingerprint density at radius 1 is 0.964 bits per heavy atom. The normalized spacial score (nSPS) is 14.6. The smallest absolute Gasteiger partial charge is 0.254 e. The first-order valence-corrected chi connectivity index (χ1v) is 9.25.